The van der Waals surface area contributed by atoms with Crippen molar-refractivity contribution in [2.45, 2.75) is 243 Å². The van der Waals surface area contributed by atoms with Crippen LogP contribution in [0.25, 0.3) is 39.3 Å². The highest BCUT2D eigenvalue weighted by atomic mass is 28.3. The number of rotatable bonds is 23. The van der Waals surface area contributed by atoms with E-state index in [1.165, 1.54) is 25.7 Å². The molecule has 508 valence electrons. The van der Waals surface area contributed by atoms with Gasteiger partial charge in [0.2, 0.25) is 0 Å². The highest BCUT2D eigenvalue weighted by Gasteiger charge is 2.47. The van der Waals surface area contributed by atoms with Crippen LogP contribution in [-0.4, -0.2) is 159 Å². The maximum atomic E-state index is 13.6. The molecule has 24 heteroatoms. The molecule has 4 aliphatic heterocycles. The number of nitrogens with zero attached hydrogens (tertiary/aromatic N) is 11. The average Bonchev–Trinajstić information content (AvgIpc) is 1.33. The molecule has 94 heavy (non-hydrogen) atoms. The zero-order valence-electron chi connectivity index (χ0n) is 58.1. The number of hydrogen-bond donors (Lipinski definition) is 3. The standard InChI is InChI=1S/C47H75N7O7Si2.C23H27N7O/c1-15-59-32(2)40-41(34-26-36-19-20-37(27-34)52(36)44(55)60-46(3,4)5)50-42-38(33-16-21-39(48-28-33)53(35-17-18-35)45(56)61-47(6,7)8)29-49-54(42)43(40)51(30-57-22-24-62(9,10)11)31-58-23-25-63(12,13)14;1-12(31)20-21(14-8-16-5-6-17(9-14)27-16)29-23-18(11-26-30(23)22(20)24)13-2-7-19(25-10-13)28-15-3-4-15/h16,21,28-29,34-37H,2,15,17-20,22-27,30-31H2,1,3-14H3;2,7,10-11,14-17,27H,3-6,8-9,24H2,1H3,(H,25,28)/t34?,36-,37+;14?,16-,17+. The Morgan fingerprint density at radius 1 is 0.691 bits per heavy atom. The van der Waals surface area contributed by atoms with Gasteiger partial charge in [-0.1, -0.05) is 45.9 Å². The van der Waals surface area contributed by atoms with Gasteiger partial charge in [0.15, 0.2) is 17.1 Å². The van der Waals surface area contributed by atoms with Gasteiger partial charge in [-0.05, 0) is 169 Å². The van der Waals surface area contributed by atoms with Crippen molar-refractivity contribution in [2.24, 2.45) is 0 Å². The van der Waals surface area contributed by atoms with Gasteiger partial charge in [0.25, 0.3) is 0 Å². The van der Waals surface area contributed by atoms with Crippen molar-refractivity contribution in [2.75, 3.05) is 54.1 Å². The molecule has 6 atom stereocenters. The van der Waals surface area contributed by atoms with Crippen molar-refractivity contribution in [3.63, 3.8) is 0 Å². The summed E-state index contributed by atoms with van der Waals surface area (Å²) in [6.07, 6.45) is 18.4. The van der Waals surface area contributed by atoms with Gasteiger partial charge >= 0.3 is 12.2 Å². The lowest BCUT2D eigenvalue weighted by atomic mass is 9.85. The molecule has 6 aromatic heterocycles. The number of fused-ring (bicyclic) bond motifs is 6. The summed E-state index contributed by atoms with van der Waals surface area (Å²) in [5, 5.41) is 16.6. The van der Waals surface area contributed by atoms with Crippen LogP contribution in [0.1, 0.15) is 172 Å². The lowest BCUT2D eigenvalue weighted by Gasteiger charge is -2.40. The minimum atomic E-state index is -1.38. The molecule has 0 radical (unpaired) electrons. The van der Waals surface area contributed by atoms with Gasteiger partial charge in [-0.15, -0.1) is 0 Å². The molecule has 4 saturated heterocycles. The van der Waals surface area contributed by atoms with Crippen molar-refractivity contribution in [3.8, 4) is 22.3 Å². The normalized spacial score (nSPS) is 21.2. The van der Waals surface area contributed by atoms with Crippen LogP contribution >= 0.6 is 0 Å². The van der Waals surface area contributed by atoms with E-state index in [1.54, 1.807) is 28.7 Å². The van der Waals surface area contributed by atoms with Gasteiger partial charge in [-0.25, -0.2) is 29.5 Å². The largest absolute Gasteiger partial charge is 0.494 e. The van der Waals surface area contributed by atoms with E-state index < -0.39 is 33.4 Å². The van der Waals surface area contributed by atoms with Crippen molar-refractivity contribution >= 4 is 74.4 Å². The van der Waals surface area contributed by atoms with Gasteiger partial charge in [-0.3, -0.25) is 9.69 Å². The first-order valence-electron chi connectivity index (χ1n) is 34.3. The SMILES string of the molecule is C=C(OCC)c1c(C2C[C@H]3CC[C@@H](C2)N3C(=O)OC(C)(C)C)nc2c(-c3ccc(N(C(=O)OC(C)(C)C)C4CC4)nc3)cnn2c1N(COCC[Si](C)(C)C)COCC[Si](C)(C)C.CC(=O)c1c(C2C[C@H]3CC[C@@H](C2)N3)nc2c(-c3ccc(NC4CC4)nc3)cnn2c1N. The van der Waals surface area contributed by atoms with Crippen LogP contribution in [0, 0.1) is 0 Å². The maximum Gasteiger partial charge on any atom is 0.416 e. The third-order valence-electron chi connectivity index (χ3n) is 18.5. The number of piperidine rings is 2. The lowest BCUT2D eigenvalue weighted by molar-refractivity contribution is 0.00562. The minimum absolute atomic E-state index is 0.00435. The summed E-state index contributed by atoms with van der Waals surface area (Å²) in [4.78, 5) is 65.3. The molecule has 22 nitrogen and oxygen atoms in total. The fourth-order valence-corrected chi connectivity index (χ4v) is 15.1. The Morgan fingerprint density at radius 3 is 1.73 bits per heavy atom. The van der Waals surface area contributed by atoms with Crippen LogP contribution < -0.4 is 26.2 Å². The molecule has 6 aromatic rings. The molecule has 6 aliphatic rings. The van der Waals surface area contributed by atoms with Gasteiger partial charge in [0, 0.05) is 112 Å². The number of nitrogens with one attached hydrogen (secondary N) is 2. The summed E-state index contributed by atoms with van der Waals surface area (Å²) in [5.41, 5.74) is 13.0. The van der Waals surface area contributed by atoms with Gasteiger partial charge < -0.3 is 49.9 Å². The molecule has 2 aliphatic carbocycles. The fraction of sp³-hybridized carbons (Fsp3) is 0.614. The van der Waals surface area contributed by atoms with E-state index in [1.807, 2.05) is 94.5 Å². The number of hydrogen-bond acceptors (Lipinski definition) is 18. The van der Waals surface area contributed by atoms with Crippen LogP contribution in [0.4, 0.5) is 32.9 Å². The molecular weight excluding hydrogens is 1220 g/mol. The topological polar surface area (TPSA) is 243 Å². The third-order valence-corrected chi connectivity index (χ3v) is 21.9. The molecule has 0 spiro atoms. The number of nitrogen functional groups attached to an aromatic ring is 1. The second kappa shape index (κ2) is 27.6. The molecule has 6 fully saturated rings. The Morgan fingerprint density at radius 2 is 1.23 bits per heavy atom. The summed E-state index contributed by atoms with van der Waals surface area (Å²) < 4.78 is 34.6. The van der Waals surface area contributed by atoms with E-state index in [0.29, 0.717) is 85.0 Å². The predicted molar refractivity (Wildman–Crippen MR) is 375 cm³/mol. The number of anilines is 4. The van der Waals surface area contributed by atoms with E-state index >= 15 is 0 Å². The first-order valence-corrected chi connectivity index (χ1v) is 41.7. The number of pyridine rings is 2. The summed E-state index contributed by atoms with van der Waals surface area (Å²) in [5.74, 6) is 3.20. The number of carbonyl (C=O) groups is 3. The smallest absolute Gasteiger partial charge is 0.416 e. The number of ether oxygens (including phenoxy) is 5. The first kappa shape index (κ1) is 68.4. The number of aromatic nitrogens is 8. The second-order valence-corrected chi connectivity index (χ2v) is 42.5. The monoisotopic (exact) mass is 1320 g/mol. The average molecular weight is 1320 g/mol. The van der Waals surface area contributed by atoms with Crippen LogP contribution in [0.5, 0.6) is 0 Å². The Labute approximate surface area is 556 Å². The lowest BCUT2D eigenvalue weighted by Crippen LogP contribution is -2.48. The quantitative estimate of drug-likeness (QED) is 0.0177. The van der Waals surface area contributed by atoms with E-state index in [-0.39, 0.29) is 55.3 Å². The van der Waals surface area contributed by atoms with Crippen LogP contribution in [0.15, 0.2) is 55.6 Å². The van der Waals surface area contributed by atoms with Crippen LogP contribution in [0.2, 0.25) is 51.4 Å². The number of nitrogens with two attached hydrogens (primary N) is 1. The van der Waals surface area contributed by atoms with Gasteiger partial charge in [0.05, 0.1) is 41.5 Å². The highest BCUT2D eigenvalue weighted by molar-refractivity contribution is 6.76. The van der Waals surface area contributed by atoms with E-state index in [2.05, 4.69) is 71.5 Å². The second-order valence-electron chi connectivity index (χ2n) is 31.3. The van der Waals surface area contributed by atoms with E-state index in [0.717, 1.165) is 101 Å². The first-order chi connectivity index (χ1) is 44.5. The van der Waals surface area contributed by atoms with Crippen LogP contribution in [0.3, 0.4) is 0 Å². The molecule has 0 aromatic carbocycles. The van der Waals surface area contributed by atoms with Crippen molar-refractivity contribution < 1.29 is 38.1 Å². The Bertz CT molecular complexity index is 3660. The molecule has 4 bridgehead atoms. The number of ketones is 1. The minimum Gasteiger partial charge on any atom is -0.494 e. The molecule has 2 saturated carbocycles. The molecule has 10 heterocycles. The number of amides is 2. The Hall–Kier alpha value is -7.00. The summed E-state index contributed by atoms with van der Waals surface area (Å²) >= 11 is 0. The summed E-state index contributed by atoms with van der Waals surface area (Å²) in [6, 6.07) is 11.6. The molecule has 12 rings (SSSR count). The summed E-state index contributed by atoms with van der Waals surface area (Å²) in [7, 11) is -2.76. The van der Waals surface area contributed by atoms with Gasteiger partial charge in [0.1, 0.15) is 53.7 Å². The van der Waals surface area contributed by atoms with E-state index in [9.17, 15) is 14.4 Å². The summed E-state index contributed by atoms with van der Waals surface area (Å²) in [6.45, 7) is 35.7. The Balaban J connectivity index is 0.000000240. The third kappa shape index (κ3) is 16.3. The number of Topliss-reactive ketones (excluding diaryl/α,β-unsaturated/α-hetero) is 1. The molecule has 2 unspecified atom stereocenters. The van der Waals surface area contributed by atoms with Crippen LogP contribution in [-0.2, 0) is 23.7 Å². The zero-order valence-corrected chi connectivity index (χ0v) is 60.1. The zero-order chi connectivity index (χ0) is 67.2. The Kier molecular flexibility index (Phi) is 20.1. The molecular formula is C70H102N14O8Si2. The fourth-order valence-electron chi connectivity index (χ4n) is 13.6. The number of carbonyl (C=O) groups excluding carboxylic acids is 3. The highest BCUT2D eigenvalue weighted by Crippen LogP contribution is 2.48. The maximum absolute atomic E-state index is 13.6. The predicted octanol–water partition coefficient (Wildman–Crippen LogP) is 13.9. The van der Waals surface area contributed by atoms with Crippen molar-refractivity contribution in [3.05, 3.63) is 78.1 Å². The van der Waals surface area contributed by atoms with Crippen molar-refractivity contribution in [1.82, 2.24) is 49.4 Å². The molecule has 4 N–H and O–H groups in total. The van der Waals surface area contributed by atoms with E-state index in [4.69, 9.17) is 49.5 Å². The van der Waals surface area contributed by atoms with Crippen molar-refractivity contribution in [1.29, 1.82) is 0 Å². The molecule has 2 amide bonds. The van der Waals surface area contributed by atoms with Gasteiger partial charge in [-0.2, -0.15) is 19.2 Å².